The van der Waals surface area contributed by atoms with E-state index in [0.717, 1.165) is 0 Å². The van der Waals surface area contributed by atoms with Crippen molar-refractivity contribution in [2.45, 2.75) is 13.3 Å². The van der Waals surface area contributed by atoms with Crippen molar-refractivity contribution in [3.8, 4) is 0 Å². The lowest BCUT2D eigenvalue weighted by atomic mass is 10.1. The van der Waals surface area contributed by atoms with Crippen LogP contribution in [0.15, 0.2) is 41.0 Å². The number of hydrogen-bond acceptors (Lipinski definition) is 4. The SMILES string of the molecule is Cc1coc(CC(=O)O)c1C(=O)N1CCN(C(=O)c2ccccc2)CC1. The van der Waals surface area contributed by atoms with E-state index in [1.54, 1.807) is 28.9 Å². The van der Waals surface area contributed by atoms with Gasteiger partial charge in [-0.3, -0.25) is 14.4 Å². The second kappa shape index (κ2) is 7.43. The van der Waals surface area contributed by atoms with Gasteiger partial charge in [-0.15, -0.1) is 0 Å². The molecule has 1 N–H and O–H groups in total. The van der Waals surface area contributed by atoms with E-state index in [1.807, 2.05) is 18.2 Å². The number of carbonyl (C=O) groups is 3. The van der Waals surface area contributed by atoms with Crippen LogP contribution in [0.3, 0.4) is 0 Å². The van der Waals surface area contributed by atoms with Gasteiger partial charge in [-0.05, 0) is 19.1 Å². The first-order chi connectivity index (χ1) is 12.5. The highest BCUT2D eigenvalue weighted by Gasteiger charge is 2.29. The van der Waals surface area contributed by atoms with Crippen molar-refractivity contribution < 1.29 is 23.9 Å². The Morgan fingerprint density at radius 1 is 1.00 bits per heavy atom. The molecule has 1 aromatic heterocycles. The molecule has 0 aliphatic carbocycles. The van der Waals surface area contributed by atoms with Gasteiger partial charge in [-0.1, -0.05) is 18.2 Å². The molecule has 2 aromatic rings. The lowest BCUT2D eigenvalue weighted by Crippen LogP contribution is -2.50. The van der Waals surface area contributed by atoms with Crippen LogP contribution in [0.2, 0.25) is 0 Å². The summed E-state index contributed by atoms with van der Waals surface area (Å²) >= 11 is 0. The molecule has 136 valence electrons. The molecule has 1 aromatic carbocycles. The lowest BCUT2D eigenvalue weighted by Gasteiger charge is -2.35. The highest BCUT2D eigenvalue weighted by atomic mass is 16.4. The fraction of sp³-hybridized carbons (Fsp3) is 0.316. The first-order valence-corrected chi connectivity index (χ1v) is 8.39. The number of furan rings is 1. The second-order valence-electron chi connectivity index (χ2n) is 6.24. The zero-order valence-electron chi connectivity index (χ0n) is 14.5. The van der Waals surface area contributed by atoms with Gasteiger partial charge in [0.05, 0.1) is 11.8 Å². The maximum absolute atomic E-state index is 12.8. The number of rotatable bonds is 4. The van der Waals surface area contributed by atoms with E-state index in [4.69, 9.17) is 9.52 Å². The minimum Gasteiger partial charge on any atom is -0.481 e. The summed E-state index contributed by atoms with van der Waals surface area (Å²) in [6.45, 7) is 3.38. The Balaban J connectivity index is 1.67. The van der Waals surface area contributed by atoms with Gasteiger partial charge in [-0.25, -0.2) is 0 Å². The van der Waals surface area contributed by atoms with Gasteiger partial charge in [-0.2, -0.15) is 0 Å². The van der Waals surface area contributed by atoms with Crippen molar-refractivity contribution in [3.63, 3.8) is 0 Å². The summed E-state index contributed by atoms with van der Waals surface area (Å²) < 4.78 is 5.24. The summed E-state index contributed by atoms with van der Waals surface area (Å²) in [4.78, 5) is 39.6. The topological polar surface area (TPSA) is 91.1 Å². The van der Waals surface area contributed by atoms with E-state index in [1.165, 1.54) is 6.26 Å². The van der Waals surface area contributed by atoms with Crippen LogP contribution < -0.4 is 0 Å². The zero-order valence-corrected chi connectivity index (χ0v) is 14.5. The Labute approximate surface area is 150 Å². The number of carbonyl (C=O) groups excluding carboxylic acids is 2. The molecule has 0 spiro atoms. The molecule has 1 aliphatic rings. The molecule has 1 aliphatic heterocycles. The van der Waals surface area contributed by atoms with Crippen LogP contribution in [0.5, 0.6) is 0 Å². The Morgan fingerprint density at radius 3 is 2.15 bits per heavy atom. The predicted octanol–water partition coefficient (Wildman–Crippen LogP) is 1.81. The Kier molecular flexibility index (Phi) is 5.06. The van der Waals surface area contributed by atoms with E-state index >= 15 is 0 Å². The first-order valence-electron chi connectivity index (χ1n) is 8.39. The van der Waals surface area contributed by atoms with Crippen LogP contribution in [-0.4, -0.2) is 58.9 Å². The van der Waals surface area contributed by atoms with Crippen LogP contribution in [0.25, 0.3) is 0 Å². The van der Waals surface area contributed by atoms with Crippen LogP contribution in [-0.2, 0) is 11.2 Å². The molecule has 0 atom stereocenters. The molecule has 0 saturated carbocycles. The smallest absolute Gasteiger partial charge is 0.311 e. The van der Waals surface area contributed by atoms with E-state index in [0.29, 0.717) is 42.9 Å². The predicted molar refractivity (Wildman–Crippen MR) is 93.0 cm³/mol. The molecule has 0 unspecified atom stereocenters. The van der Waals surface area contributed by atoms with Gasteiger partial charge in [0.25, 0.3) is 11.8 Å². The monoisotopic (exact) mass is 356 g/mol. The van der Waals surface area contributed by atoms with E-state index in [9.17, 15) is 14.4 Å². The fourth-order valence-electron chi connectivity index (χ4n) is 3.09. The normalized spacial score (nSPS) is 14.3. The Hall–Kier alpha value is -3.09. The van der Waals surface area contributed by atoms with Crippen molar-refractivity contribution in [1.29, 1.82) is 0 Å². The number of hydrogen-bond donors (Lipinski definition) is 1. The van der Waals surface area contributed by atoms with Crippen molar-refractivity contribution in [2.75, 3.05) is 26.2 Å². The molecule has 7 nitrogen and oxygen atoms in total. The summed E-state index contributed by atoms with van der Waals surface area (Å²) in [5.74, 6) is -1.18. The van der Waals surface area contributed by atoms with Gasteiger partial charge in [0.15, 0.2) is 0 Å². The lowest BCUT2D eigenvalue weighted by molar-refractivity contribution is -0.136. The fourth-order valence-corrected chi connectivity index (χ4v) is 3.09. The average molecular weight is 356 g/mol. The largest absolute Gasteiger partial charge is 0.481 e. The Bertz CT molecular complexity index is 820. The van der Waals surface area contributed by atoms with Gasteiger partial charge >= 0.3 is 5.97 Å². The summed E-state index contributed by atoms with van der Waals surface area (Å²) in [5.41, 5.74) is 1.56. The Morgan fingerprint density at radius 2 is 1.58 bits per heavy atom. The second-order valence-corrected chi connectivity index (χ2v) is 6.24. The standard InChI is InChI=1S/C19H20N2O5/c1-13-12-26-15(11-16(22)23)17(13)19(25)21-9-7-20(8-10-21)18(24)14-5-3-2-4-6-14/h2-6,12H,7-11H2,1H3,(H,22,23). The van der Waals surface area contributed by atoms with E-state index in [-0.39, 0.29) is 24.0 Å². The average Bonchev–Trinajstić information content (AvgIpc) is 3.01. The van der Waals surface area contributed by atoms with Gasteiger partial charge in [0.2, 0.25) is 0 Å². The number of aliphatic carboxylic acids is 1. The summed E-state index contributed by atoms with van der Waals surface area (Å²) in [6, 6.07) is 9.03. The third kappa shape index (κ3) is 3.61. The van der Waals surface area contributed by atoms with Gasteiger partial charge < -0.3 is 19.3 Å². The van der Waals surface area contributed by atoms with Gasteiger partial charge in [0.1, 0.15) is 12.2 Å². The van der Waals surface area contributed by atoms with Crippen molar-refractivity contribution in [2.24, 2.45) is 0 Å². The van der Waals surface area contributed by atoms with Crippen LogP contribution in [0.4, 0.5) is 0 Å². The van der Waals surface area contributed by atoms with Crippen LogP contribution >= 0.6 is 0 Å². The van der Waals surface area contributed by atoms with Crippen LogP contribution in [0, 0.1) is 6.92 Å². The number of aryl methyl sites for hydroxylation is 1. The van der Waals surface area contributed by atoms with Crippen molar-refractivity contribution >= 4 is 17.8 Å². The quantitative estimate of drug-likeness (QED) is 0.902. The molecular weight excluding hydrogens is 336 g/mol. The third-order valence-electron chi connectivity index (χ3n) is 4.45. The molecule has 3 rings (SSSR count). The number of carboxylic acid groups (broad SMARTS) is 1. The first kappa shape index (κ1) is 17.7. The minimum atomic E-state index is -1.05. The molecule has 1 fully saturated rings. The van der Waals surface area contributed by atoms with Gasteiger partial charge in [0, 0.05) is 37.3 Å². The molecule has 26 heavy (non-hydrogen) atoms. The van der Waals surface area contributed by atoms with Crippen molar-refractivity contribution in [3.05, 3.63) is 59.0 Å². The van der Waals surface area contributed by atoms with E-state index < -0.39 is 5.97 Å². The zero-order chi connectivity index (χ0) is 18.7. The summed E-state index contributed by atoms with van der Waals surface area (Å²) in [6.07, 6.45) is 1.07. The molecule has 0 bridgehead atoms. The third-order valence-corrected chi connectivity index (χ3v) is 4.45. The maximum Gasteiger partial charge on any atom is 0.311 e. The highest BCUT2D eigenvalue weighted by molar-refractivity contribution is 5.98. The number of carboxylic acids is 1. The molecule has 2 heterocycles. The molecular formula is C19H20N2O5. The minimum absolute atomic E-state index is 0.0521. The number of amides is 2. The number of piperazine rings is 1. The molecule has 2 amide bonds. The van der Waals surface area contributed by atoms with E-state index in [2.05, 4.69) is 0 Å². The maximum atomic E-state index is 12.8. The summed E-state index contributed by atoms with van der Waals surface area (Å²) in [5, 5.41) is 8.97. The highest BCUT2D eigenvalue weighted by Crippen LogP contribution is 2.21. The van der Waals surface area contributed by atoms with Crippen LogP contribution in [0.1, 0.15) is 32.0 Å². The van der Waals surface area contributed by atoms with Crippen molar-refractivity contribution in [1.82, 2.24) is 9.80 Å². The number of nitrogens with zero attached hydrogens (tertiary/aromatic N) is 2. The molecule has 0 radical (unpaired) electrons. The summed E-state index contributed by atoms with van der Waals surface area (Å²) in [7, 11) is 0. The molecule has 7 heteroatoms. The number of benzene rings is 1. The molecule has 1 saturated heterocycles.